The molecular weight excluding hydrogens is 164 g/mol. The predicted octanol–water partition coefficient (Wildman–Crippen LogP) is -0.851. The summed E-state index contributed by atoms with van der Waals surface area (Å²) in [6.07, 6.45) is 0.955. The fraction of sp³-hybridized carbons (Fsp3) is 1.00. The van der Waals surface area contributed by atoms with Crippen LogP contribution in [0, 0.1) is 0 Å². The van der Waals surface area contributed by atoms with Gasteiger partial charge >= 0.3 is 0 Å². The fourth-order valence-corrected chi connectivity index (χ4v) is 1.81. The lowest BCUT2D eigenvalue weighted by Crippen LogP contribution is -2.32. The Hall–Kier alpha value is -0.130. The van der Waals surface area contributed by atoms with Crippen molar-refractivity contribution in [3.05, 3.63) is 0 Å². The van der Waals surface area contributed by atoms with Gasteiger partial charge < -0.3 is 4.90 Å². The van der Waals surface area contributed by atoms with E-state index in [2.05, 4.69) is 4.90 Å². The standard InChI is InChI=1S/C6H14N2O2S/c1-7-4-3-6(5-7)8(2)11(9)10/h6,11H,3-5H2,1-2H3. The third-order valence-electron chi connectivity index (χ3n) is 2.15. The number of likely N-dealkylation sites (tertiary alicyclic amines) is 1. The van der Waals surface area contributed by atoms with E-state index in [1.165, 1.54) is 4.31 Å². The molecule has 0 saturated carbocycles. The summed E-state index contributed by atoms with van der Waals surface area (Å²) >= 11 is 0. The molecule has 5 heteroatoms. The van der Waals surface area contributed by atoms with E-state index in [1.54, 1.807) is 7.05 Å². The lowest BCUT2D eigenvalue weighted by molar-refractivity contribution is 0.352. The zero-order valence-corrected chi connectivity index (χ0v) is 7.75. The monoisotopic (exact) mass is 178 g/mol. The van der Waals surface area contributed by atoms with Crippen molar-refractivity contribution in [2.24, 2.45) is 0 Å². The van der Waals surface area contributed by atoms with Gasteiger partial charge in [0, 0.05) is 19.6 Å². The van der Waals surface area contributed by atoms with Gasteiger partial charge in [-0.1, -0.05) is 0 Å². The normalized spacial score (nSPS) is 27.1. The third kappa shape index (κ3) is 2.15. The highest BCUT2D eigenvalue weighted by molar-refractivity contribution is 7.69. The van der Waals surface area contributed by atoms with Crippen LogP contribution in [0.4, 0.5) is 0 Å². The van der Waals surface area contributed by atoms with Gasteiger partial charge in [-0.15, -0.1) is 0 Å². The molecule has 1 unspecified atom stereocenters. The molecule has 11 heavy (non-hydrogen) atoms. The molecule has 66 valence electrons. The van der Waals surface area contributed by atoms with E-state index in [9.17, 15) is 8.42 Å². The van der Waals surface area contributed by atoms with Crippen LogP contribution in [-0.2, 0) is 10.9 Å². The SMILES string of the molecule is CN1CCC(N(C)[SH](=O)=O)C1. The minimum atomic E-state index is -2.39. The number of rotatable bonds is 2. The molecule has 1 aliphatic heterocycles. The molecular formula is C6H14N2O2S. The average Bonchev–Trinajstić information content (AvgIpc) is 2.34. The van der Waals surface area contributed by atoms with Crippen LogP contribution in [0.1, 0.15) is 6.42 Å². The minimum absolute atomic E-state index is 0.195. The number of nitrogens with zero attached hydrogens (tertiary/aromatic N) is 2. The smallest absolute Gasteiger partial charge is 0.203 e. The molecule has 1 saturated heterocycles. The fourth-order valence-electron chi connectivity index (χ4n) is 1.35. The Kier molecular flexibility index (Phi) is 2.86. The molecule has 0 spiro atoms. The van der Waals surface area contributed by atoms with Crippen LogP contribution >= 0.6 is 0 Å². The molecule has 1 atom stereocenters. The molecule has 1 rings (SSSR count). The second kappa shape index (κ2) is 3.51. The molecule has 0 aromatic heterocycles. The Morgan fingerprint density at radius 1 is 1.55 bits per heavy atom. The minimum Gasteiger partial charge on any atom is -0.305 e. The van der Waals surface area contributed by atoms with E-state index < -0.39 is 10.9 Å². The zero-order chi connectivity index (χ0) is 8.43. The molecule has 0 aromatic rings. The molecule has 1 fully saturated rings. The first-order chi connectivity index (χ1) is 5.11. The van der Waals surface area contributed by atoms with E-state index in [-0.39, 0.29) is 6.04 Å². The summed E-state index contributed by atoms with van der Waals surface area (Å²) in [7, 11) is 1.26. The maximum Gasteiger partial charge on any atom is 0.203 e. The number of hydrogen-bond donors (Lipinski definition) is 1. The molecule has 1 aliphatic rings. The van der Waals surface area contributed by atoms with Crippen LogP contribution in [-0.4, -0.2) is 50.8 Å². The topological polar surface area (TPSA) is 40.6 Å². The molecule has 0 radical (unpaired) electrons. The quantitative estimate of drug-likeness (QED) is 0.560. The van der Waals surface area contributed by atoms with Crippen LogP contribution < -0.4 is 0 Å². The van der Waals surface area contributed by atoms with Gasteiger partial charge in [0.2, 0.25) is 10.9 Å². The second-order valence-corrected chi connectivity index (χ2v) is 4.12. The van der Waals surface area contributed by atoms with Crippen molar-refractivity contribution in [2.45, 2.75) is 12.5 Å². The van der Waals surface area contributed by atoms with Crippen LogP contribution in [0.15, 0.2) is 0 Å². The van der Waals surface area contributed by atoms with Crippen molar-refractivity contribution in [3.63, 3.8) is 0 Å². The highest BCUT2D eigenvalue weighted by Crippen LogP contribution is 2.11. The number of likely N-dealkylation sites (N-methyl/N-ethyl adjacent to an activating group) is 2. The zero-order valence-electron chi connectivity index (χ0n) is 6.86. The first-order valence-corrected chi connectivity index (χ1v) is 4.80. The highest BCUT2D eigenvalue weighted by atomic mass is 32.2. The molecule has 0 aromatic carbocycles. The van der Waals surface area contributed by atoms with Crippen molar-refractivity contribution < 1.29 is 8.42 Å². The first-order valence-electron chi connectivity index (χ1n) is 3.67. The molecule has 4 nitrogen and oxygen atoms in total. The van der Waals surface area contributed by atoms with Crippen LogP contribution in [0.3, 0.4) is 0 Å². The van der Waals surface area contributed by atoms with E-state index in [4.69, 9.17) is 0 Å². The van der Waals surface area contributed by atoms with Crippen molar-refractivity contribution in [3.8, 4) is 0 Å². The molecule has 0 bridgehead atoms. The summed E-state index contributed by atoms with van der Waals surface area (Å²) in [5, 5.41) is 0. The maximum atomic E-state index is 10.5. The highest BCUT2D eigenvalue weighted by Gasteiger charge is 2.24. The summed E-state index contributed by atoms with van der Waals surface area (Å²) in [5.41, 5.74) is 0. The Morgan fingerprint density at radius 3 is 2.55 bits per heavy atom. The van der Waals surface area contributed by atoms with Gasteiger partial charge in [0.15, 0.2) is 0 Å². The summed E-state index contributed by atoms with van der Waals surface area (Å²) < 4.78 is 22.5. The Bertz CT molecular complexity index is 197. The van der Waals surface area contributed by atoms with Crippen molar-refractivity contribution in [1.82, 2.24) is 9.21 Å². The van der Waals surface area contributed by atoms with Crippen LogP contribution in [0.2, 0.25) is 0 Å². The van der Waals surface area contributed by atoms with Crippen LogP contribution in [0.5, 0.6) is 0 Å². The van der Waals surface area contributed by atoms with E-state index in [1.807, 2.05) is 7.05 Å². The lowest BCUT2D eigenvalue weighted by Gasteiger charge is -2.16. The molecule has 0 aliphatic carbocycles. The summed E-state index contributed by atoms with van der Waals surface area (Å²) in [6, 6.07) is 0.195. The van der Waals surface area contributed by atoms with Gasteiger partial charge in [0.25, 0.3) is 0 Å². The summed E-state index contributed by atoms with van der Waals surface area (Å²) in [4.78, 5) is 2.14. The van der Waals surface area contributed by atoms with Crippen LogP contribution in [0.25, 0.3) is 0 Å². The van der Waals surface area contributed by atoms with Gasteiger partial charge in [0.05, 0.1) is 0 Å². The maximum absolute atomic E-state index is 10.5. The number of thiol groups is 1. The lowest BCUT2D eigenvalue weighted by atomic mass is 10.3. The number of hydrogen-bond acceptors (Lipinski definition) is 3. The Labute approximate surface area is 68.9 Å². The Balaban J connectivity index is 2.49. The van der Waals surface area contributed by atoms with E-state index in [0.717, 1.165) is 19.5 Å². The van der Waals surface area contributed by atoms with Gasteiger partial charge in [0.1, 0.15) is 0 Å². The Morgan fingerprint density at radius 2 is 2.18 bits per heavy atom. The van der Waals surface area contributed by atoms with Crippen molar-refractivity contribution >= 4 is 10.9 Å². The van der Waals surface area contributed by atoms with Crippen molar-refractivity contribution in [1.29, 1.82) is 0 Å². The van der Waals surface area contributed by atoms with Gasteiger partial charge in [-0.3, -0.25) is 0 Å². The summed E-state index contributed by atoms with van der Waals surface area (Å²) in [6.45, 7) is 1.86. The summed E-state index contributed by atoms with van der Waals surface area (Å²) in [5.74, 6) is 0. The largest absolute Gasteiger partial charge is 0.305 e. The molecule has 0 N–H and O–H groups in total. The second-order valence-electron chi connectivity index (χ2n) is 3.02. The molecule has 0 amide bonds. The average molecular weight is 178 g/mol. The van der Waals surface area contributed by atoms with E-state index >= 15 is 0 Å². The van der Waals surface area contributed by atoms with Gasteiger partial charge in [-0.05, 0) is 20.0 Å². The van der Waals surface area contributed by atoms with Gasteiger partial charge in [-0.25, -0.2) is 12.7 Å². The third-order valence-corrected chi connectivity index (χ3v) is 2.99. The molecule has 1 heterocycles. The van der Waals surface area contributed by atoms with Crippen molar-refractivity contribution in [2.75, 3.05) is 27.2 Å². The van der Waals surface area contributed by atoms with Gasteiger partial charge in [-0.2, -0.15) is 0 Å². The predicted molar refractivity (Wildman–Crippen MR) is 44.0 cm³/mol. The van der Waals surface area contributed by atoms with E-state index in [0.29, 0.717) is 0 Å². The first kappa shape index (κ1) is 8.96.